The Hall–Kier alpha value is -0.860. The van der Waals surface area contributed by atoms with E-state index >= 15 is 0 Å². The maximum Gasteiger partial charge on any atom is 0.118 e. The number of rotatable bonds is 30. The van der Waals surface area contributed by atoms with Crippen molar-refractivity contribution in [3.8, 4) is 0 Å². The van der Waals surface area contributed by atoms with Crippen molar-refractivity contribution in [1.82, 2.24) is 0 Å². The molecule has 0 fully saturated rings. The summed E-state index contributed by atoms with van der Waals surface area (Å²) in [6.45, 7) is 27.2. The van der Waals surface area contributed by atoms with Crippen LogP contribution in [-0.4, -0.2) is 132 Å². The summed E-state index contributed by atoms with van der Waals surface area (Å²) in [6.07, 6.45) is 0.654. The Bertz CT molecular complexity index is 640. The van der Waals surface area contributed by atoms with Gasteiger partial charge in [0.05, 0.1) is 127 Å². The highest BCUT2D eigenvalue weighted by Gasteiger charge is 2.15. The van der Waals surface area contributed by atoms with Gasteiger partial charge in [-0.2, -0.15) is 0 Å². The van der Waals surface area contributed by atoms with Crippen LogP contribution in [0.2, 0.25) is 0 Å². The van der Waals surface area contributed by atoms with Crippen LogP contribution in [0.4, 0.5) is 0 Å². The molecule has 0 aliphatic heterocycles. The molecule has 0 radical (unpaired) electrons. The quantitative estimate of drug-likeness (QED) is 0.116. The molecule has 0 rings (SSSR count). The Balaban J connectivity index is 3.90. The van der Waals surface area contributed by atoms with E-state index in [-0.39, 0.29) is 67.6 Å². The van der Waals surface area contributed by atoms with Crippen LogP contribution in [0.25, 0.3) is 0 Å². The molecule has 0 bridgehead atoms. The van der Waals surface area contributed by atoms with E-state index in [1.165, 1.54) is 6.26 Å². The smallest absolute Gasteiger partial charge is 0.118 e. The number of hydrogen-bond acceptors (Lipinski definition) is 11. The monoisotopic (exact) mass is 624 g/mol. The second-order valence-electron chi connectivity index (χ2n) is 11.6. The predicted molar refractivity (Wildman–Crippen MR) is 167 cm³/mol. The summed E-state index contributed by atoms with van der Waals surface area (Å²) >= 11 is 0. The van der Waals surface area contributed by atoms with Gasteiger partial charge in [0, 0.05) is 0 Å². The van der Waals surface area contributed by atoms with Crippen molar-refractivity contribution in [2.45, 2.75) is 130 Å². The standard InChI is InChI=1S/C32H64O11/c1-12-34-24(3)14-36-26(5)16-38-28(7)18-40-30(9)20-42-32(11)22-43-31(10)21-41-29(8)19-39-27(6)17-37-25(4)15-35-23(2)13-33/h12,23-33H,1,13-22H2,2-11H3. The van der Waals surface area contributed by atoms with Gasteiger partial charge in [-0.15, -0.1) is 0 Å². The van der Waals surface area contributed by atoms with Gasteiger partial charge >= 0.3 is 0 Å². The van der Waals surface area contributed by atoms with E-state index in [0.717, 1.165) is 0 Å². The van der Waals surface area contributed by atoms with Gasteiger partial charge in [0.25, 0.3) is 0 Å². The lowest BCUT2D eigenvalue weighted by atomic mass is 10.3. The lowest BCUT2D eigenvalue weighted by Gasteiger charge is -2.23. The maximum atomic E-state index is 9.02. The Labute approximate surface area is 261 Å². The fourth-order valence-electron chi connectivity index (χ4n) is 3.34. The lowest BCUT2D eigenvalue weighted by molar-refractivity contribution is -0.111. The Morgan fingerprint density at radius 2 is 0.558 bits per heavy atom. The van der Waals surface area contributed by atoms with Crippen molar-refractivity contribution in [3.05, 3.63) is 12.8 Å². The average Bonchev–Trinajstić information content (AvgIpc) is 2.98. The molecule has 0 amide bonds. The zero-order valence-electron chi connectivity index (χ0n) is 28.7. The van der Waals surface area contributed by atoms with Gasteiger partial charge in [-0.3, -0.25) is 0 Å². The third-order valence-corrected chi connectivity index (χ3v) is 6.12. The molecule has 0 aromatic carbocycles. The zero-order chi connectivity index (χ0) is 32.6. The molecule has 0 aliphatic carbocycles. The third kappa shape index (κ3) is 26.1. The molecule has 1 N–H and O–H groups in total. The molecule has 11 nitrogen and oxygen atoms in total. The van der Waals surface area contributed by atoms with Crippen molar-refractivity contribution in [2.24, 2.45) is 0 Å². The topological polar surface area (TPSA) is 113 Å². The average molecular weight is 625 g/mol. The Kier molecular flexibility index (Phi) is 25.8. The first-order chi connectivity index (χ1) is 20.4. The number of ether oxygens (including phenoxy) is 10. The summed E-state index contributed by atoms with van der Waals surface area (Å²) in [6, 6.07) is 0. The Morgan fingerprint density at radius 3 is 0.744 bits per heavy atom. The van der Waals surface area contributed by atoms with Crippen molar-refractivity contribution < 1.29 is 52.5 Å². The van der Waals surface area contributed by atoms with Crippen molar-refractivity contribution in [1.29, 1.82) is 0 Å². The van der Waals surface area contributed by atoms with Gasteiger partial charge in [-0.1, -0.05) is 6.58 Å². The normalized spacial score (nSPS) is 19.0. The minimum atomic E-state index is -0.191. The van der Waals surface area contributed by atoms with Crippen LogP contribution in [0.15, 0.2) is 12.8 Å². The summed E-state index contributed by atoms with van der Waals surface area (Å²) in [5, 5.41) is 9.02. The van der Waals surface area contributed by atoms with E-state index in [1.54, 1.807) is 0 Å². The molecule has 10 atom stereocenters. The van der Waals surface area contributed by atoms with Gasteiger partial charge < -0.3 is 52.5 Å². The van der Waals surface area contributed by atoms with Crippen LogP contribution in [0, 0.1) is 0 Å². The molecule has 10 unspecified atom stereocenters. The van der Waals surface area contributed by atoms with Crippen LogP contribution in [0.3, 0.4) is 0 Å². The van der Waals surface area contributed by atoms with Gasteiger partial charge in [-0.05, 0) is 69.2 Å². The molecule has 0 aliphatic rings. The van der Waals surface area contributed by atoms with E-state index in [9.17, 15) is 0 Å². The van der Waals surface area contributed by atoms with Crippen LogP contribution in [-0.2, 0) is 47.4 Å². The number of aliphatic hydroxyl groups is 1. The summed E-state index contributed by atoms with van der Waals surface area (Å²) < 4.78 is 57.4. The Morgan fingerprint density at radius 1 is 0.372 bits per heavy atom. The van der Waals surface area contributed by atoms with E-state index in [0.29, 0.717) is 59.5 Å². The van der Waals surface area contributed by atoms with E-state index in [1.807, 2.05) is 69.2 Å². The van der Waals surface area contributed by atoms with Crippen LogP contribution < -0.4 is 0 Å². The van der Waals surface area contributed by atoms with Crippen LogP contribution >= 0.6 is 0 Å². The van der Waals surface area contributed by atoms with Gasteiger partial charge in [-0.25, -0.2) is 0 Å². The molecule has 0 saturated heterocycles. The molecule has 0 aromatic rings. The van der Waals surface area contributed by atoms with Crippen molar-refractivity contribution in [3.63, 3.8) is 0 Å². The fraction of sp³-hybridized carbons (Fsp3) is 0.938. The molecule has 0 spiro atoms. The van der Waals surface area contributed by atoms with Crippen molar-refractivity contribution in [2.75, 3.05) is 66.1 Å². The minimum Gasteiger partial charge on any atom is -0.497 e. The summed E-state index contributed by atoms with van der Waals surface area (Å²) in [5.41, 5.74) is 0. The molecular weight excluding hydrogens is 560 g/mol. The highest BCUT2D eigenvalue weighted by atomic mass is 16.6. The largest absolute Gasteiger partial charge is 0.497 e. The molecule has 0 saturated carbocycles. The summed E-state index contributed by atoms with van der Waals surface area (Å²) in [5.74, 6) is 0. The first kappa shape index (κ1) is 42.1. The van der Waals surface area contributed by atoms with Gasteiger partial charge in [0.1, 0.15) is 6.10 Å². The highest BCUT2D eigenvalue weighted by molar-refractivity contribution is 4.61. The SMILES string of the molecule is C=COC(C)COC(C)COC(C)COC(C)COC(C)COC(C)COC(C)COC(C)COC(C)COC(C)CO. The fourth-order valence-corrected chi connectivity index (χ4v) is 3.34. The van der Waals surface area contributed by atoms with Gasteiger partial charge in [0.2, 0.25) is 0 Å². The van der Waals surface area contributed by atoms with Crippen LogP contribution in [0.5, 0.6) is 0 Å². The molecule has 0 aromatic heterocycles. The first-order valence-corrected chi connectivity index (χ1v) is 15.8. The minimum absolute atomic E-state index is 0.00256. The molecule has 43 heavy (non-hydrogen) atoms. The molecule has 11 heteroatoms. The second-order valence-corrected chi connectivity index (χ2v) is 11.6. The van der Waals surface area contributed by atoms with E-state index in [2.05, 4.69) is 6.58 Å². The van der Waals surface area contributed by atoms with Gasteiger partial charge in [0.15, 0.2) is 0 Å². The first-order valence-electron chi connectivity index (χ1n) is 15.8. The van der Waals surface area contributed by atoms with E-state index < -0.39 is 0 Å². The molecule has 258 valence electrons. The van der Waals surface area contributed by atoms with Crippen LogP contribution in [0.1, 0.15) is 69.2 Å². The number of aliphatic hydroxyl groups excluding tert-OH is 1. The summed E-state index contributed by atoms with van der Waals surface area (Å²) in [4.78, 5) is 0. The maximum absolute atomic E-state index is 9.02. The van der Waals surface area contributed by atoms with Crippen molar-refractivity contribution >= 4 is 0 Å². The molecule has 0 heterocycles. The second kappa shape index (κ2) is 26.4. The highest BCUT2D eigenvalue weighted by Crippen LogP contribution is 2.06. The summed E-state index contributed by atoms with van der Waals surface area (Å²) in [7, 11) is 0. The predicted octanol–water partition coefficient (Wildman–Crippen LogP) is 4.17. The third-order valence-electron chi connectivity index (χ3n) is 6.12. The number of hydrogen-bond donors (Lipinski definition) is 1. The zero-order valence-corrected chi connectivity index (χ0v) is 28.7. The van der Waals surface area contributed by atoms with E-state index in [4.69, 9.17) is 52.5 Å². The lowest BCUT2D eigenvalue weighted by Crippen LogP contribution is -2.30. The molecular formula is C32H64O11.